The number of piperidine rings is 1. The second-order valence-corrected chi connectivity index (χ2v) is 9.97. The van der Waals surface area contributed by atoms with Crippen LogP contribution in [-0.4, -0.2) is 49.8 Å². The number of fused-ring (bicyclic) bond motifs is 1. The summed E-state index contributed by atoms with van der Waals surface area (Å²) in [6, 6.07) is 14.8. The van der Waals surface area contributed by atoms with Crippen LogP contribution < -0.4 is 0 Å². The van der Waals surface area contributed by atoms with Gasteiger partial charge in [0.1, 0.15) is 0 Å². The van der Waals surface area contributed by atoms with Crippen LogP contribution >= 0.6 is 0 Å². The number of benzene rings is 2. The number of esters is 1. The van der Waals surface area contributed by atoms with Crippen molar-refractivity contribution in [3.63, 3.8) is 0 Å². The highest BCUT2D eigenvalue weighted by Gasteiger charge is 2.64. The molecule has 2 atom stereocenters. The molecule has 2 aromatic carbocycles. The summed E-state index contributed by atoms with van der Waals surface area (Å²) >= 11 is 0. The molecule has 2 heterocycles. The highest BCUT2D eigenvalue weighted by Crippen LogP contribution is 2.50. The summed E-state index contributed by atoms with van der Waals surface area (Å²) in [5.74, 6) is -2.46. The molecule has 2 aliphatic heterocycles. The Kier molecular flexibility index (Phi) is 8.33. The highest BCUT2D eigenvalue weighted by atomic mass is 19.4. The van der Waals surface area contributed by atoms with Gasteiger partial charge in [-0.05, 0) is 36.5 Å². The first-order valence-corrected chi connectivity index (χ1v) is 12.8. The van der Waals surface area contributed by atoms with Gasteiger partial charge in [0.15, 0.2) is 0 Å². The van der Waals surface area contributed by atoms with E-state index in [0.29, 0.717) is 18.8 Å². The Morgan fingerprint density at radius 2 is 1.77 bits per heavy atom. The van der Waals surface area contributed by atoms with Gasteiger partial charge in [0.05, 0.1) is 38.2 Å². The minimum atomic E-state index is -5.03. The number of likely N-dealkylation sites (tertiary alicyclic amines) is 1. The van der Waals surface area contributed by atoms with Gasteiger partial charge in [0.2, 0.25) is 0 Å². The van der Waals surface area contributed by atoms with Gasteiger partial charge in [-0.1, -0.05) is 48.5 Å². The third-order valence-electron chi connectivity index (χ3n) is 7.86. The molecule has 0 radical (unpaired) electrons. The average Bonchev–Trinajstić information content (AvgIpc) is 3.38. The lowest BCUT2D eigenvalue weighted by Gasteiger charge is -2.46. The Morgan fingerprint density at radius 3 is 2.36 bits per heavy atom. The molecule has 4 rings (SSSR count). The van der Waals surface area contributed by atoms with Crippen molar-refractivity contribution < 1.29 is 37.0 Å². The molecule has 10 heteroatoms. The molecule has 0 N–H and O–H groups in total. The predicted molar refractivity (Wildman–Crippen MR) is 134 cm³/mol. The van der Waals surface area contributed by atoms with Gasteiger partial charge in [-0.15, -0.1) is 0 Å². The van der Waals surface area contributed by atoms with Gasteiger partial charge in [-0.2, -0.15) is 18.4 Å². The van der Waals surface area contributed by atoms with E-state index in [1.165, 1.54) is 24.3 Å². The average molecular weight is 545 g/mol. The second-order valence-electron chi connectivity index (χ2n) is 9.97. The van der Waals surface area contributed by atoms with Crippen molar-refractivity contribution in [3.8, 4) is 6.07 Å². The van der Waals surface area contributed by atoms with E-state index in [4.69, 9.17) is 14.2 Å². The van der Waals surface area contributed by atoms with Crippen molar-refractivity contribution in [2.75, 3.05) is 26.8 Å². The zero-order chi connectivity index (χ0) is 28.3. The van der Waals surface area contributed by atoms with E-state index in [0.717, 1.165) is 23.1 Å². The highest BCUT2D eigenvalue weighted by molar-refractivity contribution is 5.88. The van der Waals surface area contributed by atoms with Crippen molar-refractivity contribution in [1.82, 2.24) is 4.90 Å². The fourth-order valence-electron chi connectivity index (χ4n) is 5.78. The number of hydrogen-bond donors (Lipinski definition) is 0. The van der Waals surface area contributed by atoms with E-state index in [1.807, 2.05) is 18.2 Å². The van der Waals surface area contributed by atoms with E-state index in [1.54, 1.807) is 13.0 Å². The Balaban J connectivity index is 1.66. The Hall–Kier alpha value is -3.42. The Labute approximate surface area is 225 Å². The minimum absolute atomic E-state index is 0.0848. The third-order valence-corrected chi connectivity index (χ3v) is 7.86. The van der Waals surface area contributed by atoms with Crippen molar-refractivity contribution in [2.24, 2.45) is 5.41 Å². The van der Waals surface area contributed by atoms with Gasteiger partial charge in [0, 0.05) is 31.2 Å². The number of amides is 1. The summed E-state index contributed by atoms with van der Waals surface area (Å²) in [6.07, 6.45) is -4.85. The van der Waals surface area contributed by atoms with Crippen LogP contribution in [0.5, 0.6) is 0 Å². The van der Waals surface area contributed by atoms with Crippen LogP contribution in [0.1, 0.15) is 54.4 Å². The predicted octanol–water partition coefficient (Wildman–Crippen LogP) is 4.99. The smallest absolute Gasteiger partial charge is 0.430 e. The van der Waals surface area contributed by atoms with E-state index in [-0.39, 0.29) is 44.5 Å². The number of ether oxygens (including phenoxy) is 3. The largest absolute Gasteiger partial charge is 0.466 e. The lowest BCUT2D eigenvalue weighted by molar-refractivity contribution is -0.271. The molecule has 1 unspecified atom stereocenters. The van der Waals surface area contributed by atoms with Gasteiger partial charge in [-0.3, -0.25) is 9.59 Å². The molecule has 2 aliphatic rings. The molecule has 1 fully saturated rings. The molecular formula is C29H31F3N2O5. The molecule has 7 nitrogen and oxygen atoms in total. The minimum Gasteiger partial charge on any atom is -0.466 e. The molecule has 39 heavy (non-hydrogen) atoms. The van der Waals surface area contributed by atoms with Crippen LogP contribution in [0.4, 0.5) is 13.2 Å². The molecule has 208 valence electrons. The number of alkyl halides is 3. The number of halogens is 3. The fraction of sp³-hybridized carbons (Fsp3) is 0.483. The van der Waals surface area contributed by atoms with Crippen molar-refractivity contribution in [2.45, 2.75) is 57.1 Å². The maximum Gasteiger partial charge on any atom is 0.430 e. The standard InChI is InChI=1S/C29H31F3N2O5/c1-3-39-25(35)16-27(24(17-33)20-9-10-21-18-38-19-22(21)15-20)11-13-34(14-12-27)26(36)28(37-2,29(30,31)32)23-7-5-4-6-8-23/h4-10,15,24H,3,11-14,16,18-19H2,1-2H3/t24?,28-/m1/s1. The zero-order valence-corrected chi connectivity index (χ0v) is 21.9. The Morgan fingerprint density at radius 1 is 1.10 bits per heavy atom. The van der Waals surface area contributed by atoms with Crippen molar-refractivity contribution >= 4 is 11.9 Å². The number of methoxy groups -OCH3 is 1. The lowest BCUT2D eigenvalue weighted by atomic mass is 9.64. The molecule has 0 bridgehead atoms. The van der Waals surface area contributed by atoms with E-state index in [2.05, 4.69) is 6.07 Å². The molecule has 0 saturated carbocycles. The third kappa shape index (κ3) is 5.25. The van der Waals surface area contributed by atoms with Gasteiger partial charge < -0.3 is 19.1 Å². The van der Waals surface area contributed by atoms with Gasteiger partial charge in [-0.25, -0.2) is 0 Å². The van der Waals surface area contributed by atoms with Crippen LogP contribution in [0, 0.1) is 16.7 Å². The van der Waals surface area contributed by atoms with Crippen LogP contribution in [0.25, 0.3) is 0 Å². The molecule has 2 aromatic rings. The summed E-state index contributed by atoms with van der Waals surface area (Å²) in [5, 5.41) is 10.3. The second kappa shape index (κ2) is 11.4. The summed E-state index contributed by atoms with van der Waals surface area (Å²) in [7, 11) is 0.872. The first-order chi connectivity index (χ1) is 18.6. The molecule has 1 saturated heterocycles. The van der Waals surface area contributed by atoms with Gasteiger partial charge >= 0.3 is 12.1 Å². The topological polar surface area (TPSA) is 88.9 Å². The maximum atomic E-state index is 14.5. The summed E-state index contributed by atoms with van der Waals surface area (Å²) in [5.41, 5.74) is -1.74. The molecule has 0 spiro atoms. The zero-order valence-electron chi connectivity index (χ0n) is 21.9. The van der Waals surface area contributed by atoms with E-state index >= 15 is 0 Å². The first kappa shape index (κ1) is 28.6. The Bertz CT molecular complexity index is 1240. The number of nitrogens with zero attached hydrogens (tertiary/aromatic N) is 2. The van der Waals surface area contributed by atoms with E-state index in [9.17, 15) is 28.0 Å². The van der Waals surface area contributed by atoms with Crippen LogP contribution in [-0.2, 0) is 42.6 Å². The number of hydrogen-bond acceptors (Lipinski definition) is 6. The first-order valence-electron chi connectivity index (χ1n) is 12.8. The van der Waals surface area contributed by atoms with Crippen molar-refractivity contribution in [3.05, 3.63) is 70.8 Å². The molecular weight excluding hydrogens is 513 g/mol. The molecule has 0 aromatic heterocycles. The number of carbonyl (C=O) groups is 2. The number of nitriles is 1. The monoisotopic (exact) mass is 544 g/mol. The SMILES string of the molecule is CCOC(=O)CC1(C(C#N)c2ccc3c(c2)COC3)CCN(C(=O)[C@](OC)(c2ccccc2)C(F)(F)F)CC1. The molecule has 1 amide bonds. The maximum absolute atomic E-state index is 14.5. The normalized spacial score (nSPS) is 18.9. The van der Waals surface area contributed by atoms with E-state index < -0.39 is 35.0 Å². The summed E-state index contributed by atoms with van der Waals surface area (Å²) in [6.45, 7) is 2.58. The van der Waals surface area contributed by atoms with Crippen LogP contribution in [0.3, 0.4) is 0 Å². The number of rotatable bonds is 8. The summed E-state index contributed by atoms with van der Waals surface area (Å²) in [4.78, 5) is 27.4. The lowest BCUT2D eigenvalue weighted by Crippen LogP contribution is -2.59. The summed E-state index contributed by atoms with van der Waals surface area (Å²) < 4.78 is 59.2. The van der Waals surface area contributed by atoms with Crippen LogP contribution in [0.15, 0.2) is 48.5 Å². The fourth-order valence-corrected chi connectivity index (χ4v) is 5.78. The molecule has 0 aliphatic carbocycles. The number of carbonyl (C=O) groups excluding carboxylic acids is 2. The van der Waals surface area contributed by atoms with Crippen LogP contribution in [0.2, 0.25) is 0 Å². The van der Waals surface area contributed by atoms with Crippen molar-refractivity contribution in [1.29, 1.82) is 5.26 Å². The van der Waals surface area contributed by atoms with Gasteiger partial charge in [0.25, 0.3) is 11.5 Å². The quantitative estimate of drug-likeness (QED) is 0.435.